The van der Waals surface area contributed by atoms with E-state index in [0.29, 0.717) is 0 Å². The summed E-state index contributed by atoms with van der Waals surface area (Å²) in [5.74, 6) is 0. The number of hydrogen-bond acceptors (Lipinski definition) is 2. The van der Waals surface area contributed by atoms with Crippen LogP contribution in [0.5, 0.6) is 0 Å². The molecule has 0 bridgehead atoms. The first-order valence-electron chi connectivity index (χ1n) is 7.19. The molecule has 1 unspecified atom stereocenters. The third kappa shape index (κ3) is 12.8. The summed E-state index contributed by atoms with van der Waals surface area (Å²) in [6, 6.07) is 8.33. The van der Waals surface area contributed by atoms with Crippen molar-refractivity contribution in [2.24, 2.45) is 0 Å². The molecule has 3 nitrogen and oxygen atoms in total. The van der Waals surface area contributed by atoms with Gasteiger partial charge in [0.25, 0.3) is 0 Å². The van der Waals surface area contributed by atoms with Crippen molar-refractivity contribution in [1.82, 2.24) is 0 Å². The van der Waals surface area contributed by atoms with Crippen molar-refractivity contribution in [2.45, 2.75) is 39.0 Å². The van der Waals surface area contributed by atoms with Gasteiger partial charge in [0.05, 0.1) is 11.3 Å². The van der Waals surface area contributed by atoms with Gasteiger partial charge in [0.1, 0.15) is 0 Å². The van der Waals surface area contributed by atoms with Crippen molar-refractivity contribution >= 4 is 36.0 Å². The number of rotatable bonds is 7. The third-order valence-electron chi connectivity index (χ3n) is 3.24. The minimum absolute atomic E-state index is 0. The van der Waals surface area contributed by atoms with Crippen molar-refractivity contribution in [2.75, 3.05) is 12.7 Å². The van der Waals surface area contributed by atoms with Crippen molar-refractivity contribution in [3.8, 4) is 0 Å². The van der Waals surface area contributed by atoms with Crippen LogP contribution in [0.15, 0.2) is 24.3 Å². The molecule has 0 aliphatic heterocycles. The van der Waals surface area contributed by atoms with Gasteiger partial charge in [-0.1, -0.05) is 6.07 Å². The van der Waals surface area contributed by atoms with Crippen LogP contribution < -0.4 is 5.30 Å². The van der Waals surface area contributed by atoms with Gasteiger partial charge < -0.3 is 21.5 Å². The molecule has 0 aromatic heterocycles. The van der Waals surface area contributed by atoms with Crippen molar-refractivity contribution in [3.05, 3.63) is 41.7 Å². The molecule has 1 radical (unpaired) electrons. The second-order valence-electron chi connectivity index (χ2n) is 5.30. The first-order chi connectivity index (χ1) is 10.5. The molecule has 0 amide bonds. The predicted octanol–water partition coefficient (Wildman–Crippen LogP) is 3.55. The largest absolute Gasteiger partial charge is 0.699 e. The fourth-order valence-corrected chi connectivity index (χ4v) is 5.39. The van der Waals surface area contributed by atoms with E-state index in [-0.39, 0.29) is 25.0 Å². The van der Waals surface area contributed by atoms with E-state index in [2.05, 4.69) is 80.1 Å². The molecule has 1 aromatic carbocycles. The van der Waals surface area contributed by atoms with Crippen LogP contribution in [-0.4, -0.2) is 37.6 Å². The molecule has 1 aromatic rings. The van der Waals surface area contributed by atoms with E-state index < -0.39 is 0 Å². The SMILES string of the molecule is CC(C)[PH+](CC[N-][CH-]c1ccccc1P)C(C)C.[CH-]=O.[CH-]=O.[Mn]. The summed E-state index contributed by atoms with van der Waals surface area (Å²) in [6.45, 7) is 18.9. The van der Waals surface area contributed by atoms with Gasteiger partial charge >= 0.3 is 0 Å². The third-order valence-corrected chi connectivity index (χ3v) is 7.53. The van der Waals surface area contributed by atoms with Crippen LogP contribution >= 0.6 is 17.2 Å². The van der Waals surface area contributed by atoms with Gasteiger partial charge in [0, 0.05) is 31.2 Å². The Morgan fingerprint density at radius 3 is 2.00 bits per heavy atom. The van der Waals surface area contributed by atoms with E-state index in [4.69, 9.17) is 9.59 Å². The molecule has 0 N–H and O–H groups in total. The molecule has 6 heteroatoms. The van der Waals surface area contributed by atoms with Crippen LogP contribution in [0.4, 0.5) is 0 Å². The average molecular weight is 395 g/mol. The Labute approximate surface area is 156 Å². The van der Waals surface area contributed by atoms with Crippen molar-refractivity contribution in [3.63, 3.8) is 0 Å². The van der Waals surface area contributed by atoms with Crippen LogP contribution in [0.25, 0.3) is 5.32 Å². The summed E-state index contributed by atoms with van der Waals surface area (Å²) < 4.78 is 0. The Kier molecular flexibility index (Phi) is 21.7. The van der Waals surface area contributed by atoms with Gasteiger partial charge in [0.15, 0.2) is 0 Å². The minimum Gasteiger partial charge on any atom is -0.699 e. The summed E-state index contributed by atoms with van der Waals surface area (Å²) in [4.78, 5) is 15.5. The number of nitrogens with zero attached hydrogens (tertiary/aromatic N) is 1. The maximum absolute atomic E-state index is 7.75. The zero-order valence-corrected chi connectivity index (χ0v) is 17.7. The standard InChI is InChI=1S/C15H25NP2.2CHO.Mn/c1-12(2)18(13(3)4)10-9-16-11-14-7-5-6-8-15(14)17;2*1-2;/h5-8,11-13H,9-10,17H2,1-4H3;2*1H;/q-2;2*-1;/p+1. The van der Waals surface area contributed by atoms with E-state index in [1.54, 1.807) is 0 Å². The van der Waals surface area contributed by atoms with Crippen molar-refractivity contribution in [1.29, 1.82) is 0 Å². The summed E-state index contributed by atoms with van der Waals surface area (Å²) in [5, 5.41) is 5.82. The molecule has 23 heavy (non-hydrogen) atoms. The molecule has 0 aliphatic rings. The molecule has 1 rings (SSSR count). The Hall–Kier alpha value is -0.231. The van der Waals surface area contributed by atoms with Gasteiger partial charge in [-0.3, -0.25) is 13.6 Å². The summed E-state index contributed by atoms with van der Waals surface area (Å²) >= 11 is 0. The Balaban J connectivity index is -0.000000739. The fourth-order valence-electron chi connectivity index (χ4n) is 2.23. The van der Waals surface area contributed by atoms with Gasteiger partial charge in [0.2, 0.25) is 0 Å². The second-order valence-corrected chi connectivity index (χ2v) is 9.88. The average Bonchev–Trinajstić information content (AvgIpc) is 2.52. The van der Waals surface area contributed by atoms with Crippen LogP contribution in [0.2, 0.25) is 0 Å². The Morgan fingerprint density at radius 2 is 1.57 bits per heavy atom. The van der Waals surface area contributed by atoms with Gasteiger partial charge in [-0.2, -0.15) is 15.3 Å². The maximum atomic E-state index is 7.75. The van der Waals surface area contributed by atoms with Gasteiger partial charge in [-0.15, -0.1) is 24.0 Å². The van der Waals surface area contributed by atoms with Crippen LogP contribution in [0.3, 0.4) is 0 Å². The van der Waals surface area contributed by atoms with E-state index in [1.165, 1.54) is 17.0 Å². The first kappa shape index (κ1) is 27.6. The maximum Gasteiger partial charge on any atom is 0.0621 e. The number of carbonyl (C=O) groups excluding carboxylic acids is 2. The molecule has 133 valence electrons. The molecule has 0 saturated carbocycles. The van der Waals surface area contributed by atoms with Gasteiger partial charge in [-0.25, -0.2) is 5.56 Å². The van der Waals surface area contributed by atoms with E-state index in [0.717, 1.165) is 17.9 Å². The molecular weight excluding hydrogens is 367 g/mol. The zero-order valence-electron chi connectivity index (χ0n) is 14.3. The molecule has 0 aliphatic carbocycles. The van der Waals surface area contributed by atoms with Crippen LogP contribution in [0, 0.1) is 6.54 Å². The fraction of sp³-hybridized carbons (Fsp3) is 0.471. The number of benzene rings is 1. The minimum atomic E-state index is -0.261. The van der Waals surface area contributed by atoms with E-state index in [1.807, 2.05) is 6.54 Å². The van der Waals surface area contributed by atoms with E-state index >= 15 is 0 Å². The molecule has 0 fully saturated rings. The molecule has 0 heterocycles. The summed E-state index contributed by atoms with van der Waals surface area (Å²) in [7, 11) is 2.50. The summed E-state index contributed by atoms with van der Waals surface area (Å²) in [5.41, 5.74) is 2.91. The van der Waals surface area contributed by atoms with E-state index in [9.17, 15) is 0 Å². The zero-order chi connectivity index (χ0) is 17.5. The van der Waals surface area contributed by atoms with Crippen molar-refractivity contribution < 1.29 is 26.7 Å². The number of hydrogen-bond donors (Lipinski definition) is 0. The monoisotopic (exact) mass is 395 g/mol. The topological polar surface area (TPSA) is 48.2 Å². The molecule has 0 saturated heterocycles. The molecule has 0 spiro atoms. The van der Waals surface area contributed by atoms with Crippen LogP contribution in [0.1, 0.15) is 33.3 Å². The van der Waals surface area contributed by atoms with Crippen LogP contribution in [-0.2, 0) is 26.7 Å². The predicted molar refractivity (Wildman–Crippen MR) is 104 cm³/mol. The second kappa shape index (κ2) is 18.1. The quantitative estimate of drug-likeness (QED) is 0.233. The van der Waals surface area contributed by atoms with Gasteiger partial charge in [-0.05, 0) is 27.7 Å². The molecular formula is C17H28MnNO2P2-3. The molecule has 1 atom stereocenters. The summed E-state index contributed by atoms with van der Waals surface area (Å²) in [6.07, 6.45) is 1.29. The Bertz CT molecular complexity index is 383. The smallest absolute Gasteiger partial charge is 0.0621 e. The first-order valence-corrected chi connectivity index (χ1v) is 9.63. The normalized spacial score (nSPS) is 9.39. The Morgan fingerprint density at radius 1 is 1.09 bits per heavy atom.